The molecular formula is C30H33Cl2N5O. The van der Waals surface area contributed by atoms with Crippen LogP contribution in [0.1, 0.15) is 42.6 Å². The van der Waals surface area contributed by atoms with Gasteiger partial charge in [-0.2, -0.15) is 0 Å². The number of para-hydroxylation sites is 1. The average Bonchev–Trinajstić information content (AvgIpc) is 3.07. The normalized spacial score (nSPS) is 15.6. The fourth-order valence-electron chi connectivity index (χ4n) is 5.16. The molecule has 1 saturated heterocycles. The molecule has 0 saturated carbocycles. The van der Waals surface area contributed by atoms with Crippen molar-refractivity contribution in [2.75, 3.05) is 37.7 Å². The number of carbonyl (C=O) groups is 1. The molecule has 2 aliphatic heterocycles. The van der Waals surface area contributed by atoms with Gasteiger partial charge in [0.1, 0.15) is 5.84 Å². The third kappa shape index (κ3) is 5.53. The number of carbonyl (C=O) groups excluding carboxylic acids is 1. The predicted molar refractivity (Wildman–Crippen MR) is 157 cm³/mol. The van der Waals surface area contributed by atoms with Crippen LogP contribution in [0.3, 0.4) is 0 Å². The summed E-state index contributed by atoms with van der Waals surface area (Å²) in [6.07, 6.45) is 2.42. The molecular weight excluding hydrogens is 517 g/mol. The molecule has 0 aromatic heterocycles. The van der Waals surface area contributed by atoms with Crippen molar-refractivity contribution in [3.05, 3.63) is 87.9 Å². The minimum atomic E-state index is -0.301. The van der Waals surface area contributed by atoms with E-state index < -0.39 is 0 Å². The van der Waals surface area contributed by atoms with Gasteiger partial charge >= 0.3 is 0 Å². The van der Waals surface area contributed by atoms with Crippen molar-refractivity contribution in [1.82, 2.24) is 15.2 Å². The Balaban J connectivity index is 1.49. The van der Waals surface area contributed by atoms with Gasteiger partial charge in [-0.1, -0.05) is 74.2 Å². The minimum absolute atomic E-state index is 0.301. The number of anilines is 2. The number of nitrogens with one attached hydrogen (secondary N) is 1. The van der Waals surface area contributed by atoms with Gasteiger partial charge in [0, 0.05) is 43.3 Å². The summed E-state index contributed by atoms with van der Waals surface area (Å²) in [4.78, 5) is 23.4. The minimum Gasteiger partial charge on any atom is -0.353 e. The van der Waals surface area contributed by atoms with Gasteiger partial charge in [-0.15, -0.1) is 0 Å². The van der Waals surface area contributed by atoms with Crippen LogP contribution in [0.25, 0.3) is 0 Å². The van der Waals surface area contributed by atoms with Gasteiger partial charge in [0.05, 0.1) is 27.6 Å². The van der Waals surface area contributed by atoms with Crippen LogP contribution >= 0.6 is 23.2 Å². The van der Waals surface area contributed by atoms with Crippen molar-refractivity contribution in [2.45, 2.75) is 26.7 Å². The van der Waals surface area contributed by atoms with Crippen LogP contribution in [-0.2, 0) is 0 Å². The van der Waals surface area contributed by atoms with E-state index in [1.54, 1.807) is 23.2 Å². The SMILES string of the molecule is CCC(CC)CN1CCN(C2=Nc3cc(Cl)ccc3N(NC(=O)c3ccccc3Cl)c3ccccc32)CC1. The van der Waals surface area contributed by atoms with Gasteiger partial charge in [-0.25, -0.2) is 4.99 Å². The number of hydrogen-bond acceptors (Lipinski definition) is 5. The molecule has 1 amide bonds. The molecule has 0 spiro atoms. The second-order valence-corrected chi connectivity index (χ2v) is 10.7. The largest absolute Gasteiger partial charge is 0.353 e. The summed E-state index contributed by atoms with van der Waals surface area (Å²) >= 11 is 12.8. The highest BCUT2D eigenvalue weighted by Gasteiger charge is 2.30. The van der Waals surface area contributed by atoms with Crippen LogP contribution in [0.4, 0.5) is 17.1 Å². The summed E-state index contributed by atoms with van der Waals surface area (Å²) < 4.78 is 0. The first-order valence-electron chi connectivity index (χ1n) is 13.3. The summed E-state index contributed by atoms with van der Waals surface area (Å²) in [5.41, 5.74) is 6.71. The maximum atomic E-state index is 13.4. The average molecular weight is 551 g/mol. The fraction of sp³-hybridized carbons (Fsp3) is 0.333. The van der Waals surface area contributed by atoms with E-state index in [-0.39, 0.29) is 5.91 Å². The van der Waals surface area contributed by atoms with Crippen LogP contribution in [0.15, 0.2) is 71.7 Å². The number of piperazine rings is 1. The number of benzene rings is 3. The van der Waals surface area contributed by atoms with Crippen LogP contribution in [-0.4, -0.2) is 54.3 Å². The van der Waals surface area contributed by atoms with E-state index in [0.717, 1.165) is 61.4 Å². The quantitative estimate of drug-likeness (QED) is 0.362. The van der Waals surface area contributed by atoms with E-state index in [2.05, 4.69) is 35.1 Å². The Morgan fingerprint density at radius 1 is 0.921 bits per heavy atom. The molecule has 38 heavy (non-hydrogen) atoms. The molecule has 0 bridgehead atoms. The summed E-state index contributed by atoms with van der Waals surface area (Å²) in [6, 6.07) is 20.6. The highest BCUT2D eigenvalue weighted by Crippen LogP contribution is 2.40. The van der Waals surface area contributed by atoms with E-state index in [0.29, 0.717) is 21.3 Å². The number of nitrogens with zero attached hydrogens (tertiary/aromatic N) is 4. The van der Waals surface area contributed by atoms with Crippen molar-refractivity contribution < 1.29 is 4.79 Å². The van der Waals surface area contributed by atoms with E-state index in [1.165, 1.54) is 12.8 Å². The molecule has 2 heterocycles. The lowest BCUT2D eigenvalue weighted by Gasteiger charge is -2.38. The van der Waals surface area contributed by atoms with Crippen LogP contribution < -0.4 is 10.4 Å². The third-order valence-electron chi connectivity index (χ3n) is 7.47. The zero-order valence-electron chi connectivity index (χ0n) is 21.8. The predicted octanol–water partition coefficient (Wildman–Crippen LogP) is 6.92. The smallest absolute Gasteiger partial charge is 0.271 e. The highest BCUT2D eigenvalue weighted by atomic mass is 35.5. The Kier molecular flexibility index (Phi) is 8.22. The molecule has 8 heteroatoms. The lowest BCUT2D eigenvalue weighted by atomic mass is 10.0. The molecule has 0 atom stereocenters. The summed E-state index contributed by atoms with van der Waals surface area (Å²) in [5, 5.41) is 2.78. The van der Waals surface area contributed by atoms with E-state index in [1.807, 2.05) is 42.5 Å². The van der Waals surface area contributed by atoms with Gasteiger partial charge in [-0.3, -0.25) is 20.1 Å². The maximum Gasteiger partial charge on any atom is 0.271 e. The van der Waals surface area contributed by atoms with Crippen molar-refractivity contribution in [1.29, 1.82) is 0 Å². The maximum absolute atomic E-state index is 13.4. The van der Waals surface area contributed by atoms with E-state index >= 15 is 0 Å². The molecule has 2 aliphatic rings. The standard InChI is InChI=1S/C30H33Cl2N5O/c1-3-21(4-2)20-35-15-17-36(18-16-35)29-24-10-6-8-12-27(24)37(28-14-13-22(31)19-26(28)33-29)34-30(38)23-9-5-7-11-25(23)32/h5-14,19,21H,3-4,15-18,20H2,1-2H3,(H,34,38). The molecule has 6 nitrogen and oxygen atoms in total. The van der Waals surface area contributed by atoms with Crippen molar-refractivity contribution in [3.63, 3.8) is 0 Å². The lowest BCUT2D eigenvalue weighted by molar-refractivity contribution is 0.0954. The van der Waals surface area contributed by atoms with Crippen molar-refractivity contribution in [2.24, 2.45) is 10.9 Å². The number of aliphatic imine (C=N–C) groups is 1. The van der Waals surface area contributed by atoms with Gasteiger partial charge in [0.2, 0.25) is 0 Å². The first kappa shape index (κ1) is 26.5. The number of amidine groups is 1. The molecule has 1 N–H and O–H groups in total. The van der Waals surface area contributed by atoms with E-state index in [9.17, 15) is 4.79 Å². The Hall–Kier alpha value is -3.06. The molecule has 0 unspecified atom stereocenters. The number of amides is 1. The zero-order valence-corrected chi connectivity index (χ0v) is 23.3. The molecule has 1 fully saturated rings. The summed E-state index contributed by atoms with van der Waals surface area (Å²) in [5.74, 6) is 1.33. The Morgan fingerprint density at radius 2 is 1.63 bits per heavy atom. The third-order valence-corrected chi connectivity index (χ3v) is 8.03. The van der Waals surface area contributed by atoms with Gasteiger partial charge in [0.15, 0.2) is 0 Å². The number of hydrogen-bond donors (Lipinski definition) is 1. The first-order valence-corrected chi connectivity index (χ1v) is 14.0. The fourth-order valence-corrected chi connectivity index (χ4v) is 5.55. The number of halogens is 2. The molecule has 198 valence electrons. The second-order valence-electron chi connectivity index (χ2n) is 9.81. The monoisotopic (exact) mass is 549 g/mol. The number of fused-ring (bicyclic) bond motifs is 2. The van der Waals surface area contributed by atoms with Gasteiger partial charge in [0.25, 0.3) is 5.91 Å². The molecule has 3 aromatic rings. The van der Waals surface area contributed by atoms with Gasteiger partial charge in [-0.05, 0) is 48.4 Å². The summed E-state index contributed by atoms with van der Waals surface area (Å²) in [6.45, 7) is 9.45. The van der Waals surface area contributed by atoms with Crippen LogP contribution in [0.2, 0.25) is 10.0 Å². The Morgan fingerprint density at radius 3 is 2.37 bits per heavy atom. The molecule has 0 aliphatic carbocycles. The number of rotatable bonds is 6. The van der Waals surface area contributed by atoms with Crippen LogP contribution in [0.5, 0.6) is 0 Å². The molecule has 0 radical (unpaired) electrons. The zero-order chi connectivity index (χ0) is 26.6. The lowest BCUT2D eigenvalue weighted by Crippen LogP contribution is -2.50. The Bertz CT molecular complexity index is 1330. The second kappa shape index (κ2) is 11.8. The van der Waals surface area contributed by atoms with Crippen molar-refractivity contribution in [3.8, 4) is 0 Å². The highest BCUT2D eigenvalue weighted by molar-refractivity contribution is 6.34. The van der Waals surface area contributed by atoms with Gasteiger partial charge < -0.3 is 4.90 Å². The first-order chi connectivity index (χ1) is 18.5. The molecule has 5 rings (SSSR count). The summed E-state index contributed by atoms with van der Waals surface area (Å²) in [7, 11) is 0. The number of hydrazine groups is 1. The van der Waals surface area contributed by atoms with Crippen LogP contribution in [0, 0.1) is 5.92 Å². The van der Waals surface area contributed by atoms with E-state index in [4.69, 9.17) is 28.2 Å². The van der Waals surface area contributed by atoms with Crippen molar-refractivity contribution >= 4 is 52.0 Å². The molecule has 3 aromatic carbocycles. The topological polar surface area (TPSA) is 51.2 Å². The Labute approximate surface area is 234 Å².